The Kier molecular flexibility index (Phi) is 4.98. The van der Waals surface area contributed by atoms with E-state index in [4.69, 9.17) is 0 Å². The third kappa shape index (κ3) is 3.85. The molecule has 0 fully saturated rings. The number of carbonyl (C=O) groups excluding carboxylic acids is 1. The molecular formula is C18H18N4O2. The monoisotopic (exact) mass is 322 g/mol. The van der Waals surface area contributed by atoms with Gasteiger partial charge in [0.25, 0.3) is 5.91 Å². The van der Waals surface area contributed by atoms with Crippen molar-refractivity contribution in [2.75, 3.05) is 6.54 Å². The van der Waals surface area contributed by atoms with Crippen LogP contribution in [0.25, 0.3) is 5.69 Å². The summed E-state index contributed by atoms with van der Waals surface area (Å²) >= 11 is 0. The Morgan fingerprint density at radius 1 is 1.17 bits per heavy atom. The average Bonchev–Trinajstić information content (AvgIpc) is 3.17. The minimum absolute atomic E-state index is 0.183. The number of nitrogens with one attached hydrogen (secondary N) is 1. The van der Waals surface area contributed by atoms with Gasteiger partial charge >= 0.3 is 0 Å². The lowest BCUT2D eigenvalue weighted by atomic mass is 10.1. The molecule has 24 heavy (non-hydrogen) atoms. The highest BCUT2D eigenvalue weighted by Crippen LogP contribution is 2.15. The molecule has 6 nitrogen and oxygen atoms in total. The van der Waals surface area contributed by atoms with E-state index in [2.05, 4.69) is 15.4 Å². The van der Waals surface area contributed by atoms with Crippen LogP contribution in [0.15, 0.2) is 67.3 Å². The second-order valence-electron chi connectivity index (χ2n) is 5.36. The van der Waals surface area contributed by atoms with Crippen molar-refractivity contribution in [2.24, 2.45) is 0 Å². The van der Waals surface area contributed by atoms with E-state index in [1.807, 2.05) is 36.4 Å². The largest absolute Gasteiger partial charge is 0.388 e. The zero-order valence-electron chi connectivity index (χ0n) is 13.0. The van der Waals surface area contributed by atoms with E-state index in [1.54, 1.807) is 29.2 Å². The van der Waals surface area contributed by atoms with Crippen LogP contribution >= 0.6 is 0 Å². The molecule has 0 aliphatic carbocycles. The highest BCUT2D eigenvalue weighted by atomic mass is 16.3. The Labute approximate surface area is 139 Å². The molecule has 1 aromatic heterocycles. The summed E-state index contributed by atoms with van der Waals surface area (Å²) in [5.74, 6) is -0.183. The van der Waals surface area contributed by atoms with Crippen LogP contribution in [0.3, 0.4) is 0 Å². The Hall–Kier alpha value is -2.99. The number of aliphatic hydroxyl groups excluding tert-OH is 1. The van der Waals surface area contributed by atoms with E-state index < -0.39 is 6.10 Å². The summed E-state index contributed by atoms with van der Waals surface area (Å²) in [4.78, 5) is 16.1. The van der Waals surface area contributed by atoms with E-state index in [0.717, 1.165) is 11.3 Å². The van der Waals surface area contributed by atoms with Crippen molar-refractivity contribution in [1.82, 2.24) is 20.1 Å². The number of carbonyl (C=O) groups is 1. The van der Waals surface area contributed by atoms with Crippen LogP contribution in [0.4, 0.5) is 0 Å². The molecule has 122 valence electrons. The number of hydrogen-bond acceptors (Lipinski definition) is 4. The lowest BCUT2D eigenvalue weighted by molar-refractivity contribution is 0.0942. The van der Waals surface area contributed by atoms with Gasteiger partial charge in [0.2, 0.25) is 0 Å². The second-order valence-corrected chi connectivity index (χ2v) is 5.36. The van der Waals surface area contributed by atoms with Crippen molar-refractivity contribution >= 4 is 5.91 Å². The van der Waals surface area contributed by atoms with Gasteiger partial charge in [-0.25, -0.2) is 9.67 Å². The third-order valence-electron chi connectivity index (χ3n) is 3.68. The minimum Gasteiger partial charge on any atom is -0.388 e. The second kappa shape index (κ2) is 7.52. The number of benzene rings is 2. The first-order chi connectivity index (χ1) is 11.7. The topological polar surface area (TPSA) is 80.0 Å². The van der Waals surface area contributed by atoms with Crippen LogP contribution in [0.2, 0.25) is 0 Å². The summed E-state index contributed by atoms with van der Waals surface area (Å²) in [6.07, 6.45) is 2.89. The predicted octanol–water partition coefficient (Wildman–Crippen LogP) is 2.12. The normalized spacial score (nSPS) is 11.9. The van der Waals surface area contributed by atoms with Crippen LogP contribution in [-0.2, 0) is 0 Å². The van der Waals surface area contributed by atoms with Crippen LogP contribution in [-0.4, -0.2) is 32.3 Å². The molecule has 0 bridgehead atoms. The first-order valence-electron chi connectivity index (χ1n) is 7.70. The zero-order valence-corrected chi connectivity index (χ0v) is 13.0. The standard InChI is InChI=1S/C18H18N4O2/c23-17(14-5-2-1-3-6-14)9-10-20-18(24)15-7-4-8-16(11-15)22-13-19-12-21-22/h1-8,11-13,17,23H,9-10H2,(H,20,24). The highest BCUT2D eigenvalue weighted by molar-refractivity contribution is 5.94. The van der Waals surface area contributed by atoms with Crippen molar-refractivity contribution in [1.29, 1.82) is 0 Å². The molecule has 0 spiro atoms. The Morgan fingerprint density at radius 3 is 2.75 bits per heavy atom. The van der Waals surface area contributed by atoms with E-state index in [0.29, 0.717) is 18.5 Å². The van der Waals surface area contributed by atoms with Crippen LogP contribution < -0.4 is 5.32 Å². The van der Waals surface area contributed by atoms with Crippen LogP contribution in [0.1, 0.15) is 28.4 Å². The van der Waals surface area contributed by atoms with Crippen molar-refractivity contribution in [3.63, 3.8) is 0 Å². The van der Waals surface area contributed by atoms with Gasteiger partial charge in [0, 0.05) is 12.1 Å². The van der Waals surface area contributed by atoms with E-state index in [-0.39, 0.29) is 5.91 Å². The molecule has 1 amide bonds. The van der Waals surface area contributed by atoms with Crippen LogP contribution in [0.5, 0.6) is 0 Å². The van der Waals surface area contributed by atoms with Gasteiger partial charge in [0.15, 0.2) is 0 Å². The number of aliphatic hydroxyl groups is 1. The molecule has 6 heteroatoms. The summed E-state index contributed by atoms with van der Waals surface area (Å²) < 4.78 is 1.59. The minimum atomic E-state index is -0.590. The summed E-state index contributed by atoms with van der Waals surface area (Å²) in [7, 11) is 0. The Morgan fingerprint density at radius 2 is 2.00 bits per heavy atom. The maximum Gasteiger partial charge on any atom is 0.251 e. The Bertz CT molecular complexity index is 788. The fourth-order valence-electron chi connectivity index (χ4n) is 2.40. The van der Waals surface area contributed by atoms with Gasteiger partial charge in [-0.2, -0.15) is 5.10 Å². The van der Waals surface area contributed by atoms with Crippen molar-refractivity contribution in [2.45, 2.75) is 12.5 Å². The van der Waals surface area contributed by atoms with Gasteiger partial charge in [-0.15, -0.1) is 0 Å². The maximum absolute atomic E-state index is 12.2. The molecule has 1 heterocycles. The molecular weight excluding hydrogens is 304 g/mol. The van der Waals surface area contributed by atoms with E-state index in [9.17, 15) is 9.90 Å². The SMILES string of the molecule is O=C(NCCC(O)c1ccccc1)c1cccc(-n2cncn2)c1. The van der Waals surface area contributed by atoms with E-state index in [1.165, 1.54) is 6.33 Å². The van der Waals surface area contributed by atoms with Crippen molar-refractivity contribution < 1.29 is 9.90 Å². The lowest BCUT2D eigenvalue weighted by Gasteiger charge is -2.12. The predicted molar refractivity (Wildman–Crippen MR) is 89.7 cm³/mol. The molecule has 3 rings (SSSR count). The third-order valence-corrected chi connectivity index (χ3v) is 3.68. The summed E-state index contributed by atoms with van der Waals surface area (Å²) in [5.41, 5.74) is 2.15. The smallest absolute Gasteiger partial charge is 0.251 e. The molecule has 1 atom stereocenters. The number of rotatable bonds is 6. The molecule has 0 saturated carbocycles. The number of hydrogen-bond donors (Lipinski definition) is 2. The van der Waals surface area contributed by atoms with Gasteiger partial charge in [0.05, 0.1) is 11.8 Å². The fraction of sp³-hybridized carbons (Fsp3) is 0.167. The number of nitrogens with zero attached hydrogens (tertiary/aromatic N) is 3. The summed E-state index contributed by atoms with van der Waals surface area (Å²) in [5, 5.41) is 17.0. The van der Waals surface area contributed by atoms with Gasteiger partial charge < -0.3 is 10.4 Å². The van der Waals surface area contributed by atoms with Gasteiger partial charge in [-0.05, 0) is 30.2 Å². The molecule has 0 aliphatic rings. The fourth-order valence-corrected chi connectivity index (χ4v) is 2.40. The number of aromatic nitrogens is 3. The molecule has 0 aliphatic heterocycles. The maximum atomic E-state index is 12.2. The van der Waals surface area contributed by atoms with Crippen molar-refractivity contribution in [3.05, 3.63) is 78.4 Å². The average molecular weight is 322 g/mol. The van der Waals surface area contributed by atoms with Gasteiger partial charge in [0.1, 0.15) is 12.7 Å². The van der Waals surface area contributed by atoms with Crippen molar-refractivity contribution in [3.8, 4) is 5.69 Å². The number of amides is 1. The molecule has 2 aromatic carbocycles. The molecule has 3 aromatic rings. The summed E-state index contributed by atoms with van der Waals surface area (Å²) in [6.45, 7) is 0.391. The summed E-state index contributed by atoms with van der Waals surface area (Å²) in [6, 6.07) is 16.5. The Balaban J connectivity index is 1.57. The lowest BCUT2D eigenvalue weighted by Crippen LogP contribution is -2.25. The molecule has 1 unspecified atom stereocenters. The highest BCUT2D eigenvalue weighted by Gasteiger charge is 2.10. The van der Waals surface area contributed by atoms with Gasteiger partial charge in [-0.1, -0.05) is 36.4 Å². The molecule has 0 radical (unpaired) electrons. The first-order valence-corrected chi connectivity index (χ1v) is 7.70. The molecule has 2 N–H and O–H groups in total. The first kappa shape index (κ1) is 15.9. The van der Waals surface area contributed by atoms with Gasteiger partial charge in [-0.3, -0.25) is 4.79 Å². The van der Waals surface area contributed by atoms with Crippen LogP contribution in [0, 0.1) is 0 Å². The molecule has 0 saturated heterocycles. The van der Waals surface area contributed by atoms with E-state index >= 15 is 0 Å². The zero-order chi connectivity index (χ0) is 16.8. The quantitative estimate of drug-likeness (QED) is 0.728.